The average Bonchev–Trinajstić information content (AvgIpc) is 3.07. The number of carbonyl (C=O) groups is 1. The van der Waals surface area contributed by atoms with Gasteiger partial charge in [0.2, 0.25) is 0 Å². The van der Waals surface area contributed by atoms with Crippen LogP contribution in [0.5, 0.6) is 0 Å². The van der Waals surface area contributed by atoms with E-state index in [1.54, 1.807) is 6.21 Å². The highest BCUT2D eigenvalue weighted by Crippen LogP contribution is 2.28. The lowest BCUT2D eigenvalue weighted by molar-refractivity contribution is -0.119. The molecule has 5 nitrogen and oxygen atoms in total. The van der Waals surface area contributed by atoms with E-state index in [9.17, 15) is 4.79 Å². The largest absolute Gasteiger partial charge is 0.376 e. The molecule has 0 aliphatic heterocycles. The van der Waals surface area contributed by atoms with Crippen molar-refractivity contribution >= 4 is 51.9 Å². The molecule has 0 fully saturated rings. The summed E-state index contributed by atoms with van der Waals surface area (Å²) in [6, 6.07) is 21.7. The molecule has 0 saturated heterocycles. The maximum atomic E-state index is 12.2. The van der Waals surface area contributed by atoms with Crippen molar-refractivity contribution in [2.75, 3.05) is 11.9 Å². The van der Waals surface area contributed by atoms with E-state index in [4.69, 9.17) is 23.2 Å². The van der Waals surface area contributed by atoms with Gasteiger partial charge in [0.1, 0.15) is 0 Å². The van der Waals surface area contributed by atoms with E-state index in [-0.39, 0.29) is 12.5 Å². The lowest BCUT2D eigenvalue weighted by Crippen LogP contribution is -2.25. The summed E-state index contributed by atoms with van der Waals surface area (Å²) in [5, 5.41) is 9.43. The number of halogens is 2. The summed E-state index contributed by atoms with van der Waals surface area (Å²) in [5.41, 5.74) is 8.79. The molecule has 4 rings (SSSR count). The number of hydrogen-bond acceptors (Lipinski definition) is 3. The number of carbonyl (C=O) groups excluding carboxylic acids is 1. The van der Waals surface area contributed by atoms with Crippen molar-refractivity contribution in [2.24, 2.45) is 5.10 Å². The van der Waals surface area contributed by atoms with Crippen molar-refractivity contribution < 1.29 is 4.79 Å². The number of aromatic nitrogens is 1. The number of para-hydroxylation sites is 1. The molecule has 4 aromatic rings. The minimum Gasteiger partial charge on any atom is -0.376 e. The quantitative estimate of drug-likeness (QED) is 0.246. The number of nitrogens with zero attached hydrogens (tertiary/aromatic N) is 2. The molecule has 0 spiro atoms. The molecule has 0 saturated carbocycles. The molecule has 0 bridgehead atoms. The fraction of sp³-hybridized carbons (Fsp3) is 0.154. The summed E-state index contributed by atoms with van der Waals surface area (Å²) < 4.78 is 2.21. The van der Waals surface area contributed by atoms with Gasteiger partial charge in [-0.25, -0.2) is 5.43 Å². The van der Waals surface area contributed by atoms with Gasteiger partial charge < -0.3 is 9.88 Å². The summed E-state index contributed by atoms with van der Waals surface area (Å²) >= 11 is 12.3. The molecule has 0 aliphatic carbocycles. The first-order valence-corrected chi connectivity index (χ1v) is 11.3. The van der Waals surface area contributed by atoms with Crippen LogP contribution in [0.1, 0.15) is 22.4 Å². The number of aryl methyl sites for hydroxylation is 1. The van der Waals surface area contributed by atoms with Crippen LogP contribution in [0, 0.1) is 13.8 Å². The third-order valence-corrected chi connectivity index (χ3v) is 6.23. The molecule has 0 unspecified atom stereocenters. The fourth-order valence-electron chi connectivity index (χ4n) is 3.71. The number of nitrogens with one attached hydrogen (secondary N) is 2. The first-order valence-electron chi connectivity index (χ1n) is 10.6. The minimum atomic E-state index is -0.218. The zero-order valence-corrected chi connectivity index (χ0v) is 19.9. The number of benzene rings is 3. The van der Waals surface area contributed by atoms with Crippen LogP contribution in [0.3, 0.4) is 0 Å². The highest BCUT2D eigenvalue weighted by Gasteiger charge is 2.13. The van der Waals surface area contributed by atoms with Gasteiger partial charge in [-0.15, -0.1) is 0 Å². The van der Waals surface area contributed by atoms with Gasteiger partial charge in [0.05, 0.1) is 22.8 Å². The molecule has 0 radical (unpaired) electrons. The van der Waals surface area contributed by atoms with Crippen molar-refractivity contribution in [2.45, 2.75) is 20.4 Å². The molecule has 0 atom stereocenters. The van der Waals surface area contributed by atoms with Crippen molar-refractivity contribution in [3.8, 4) is 0 Å². The van der Waals surface area contributed by atoms with Gasteiger partial charge in [0.15, 0.2) is 0 Å². The normalized spacial score (nSPS) is 11.3. The fourth-order valence-corrected chi connectivity index (χ4v) is 4.03. The lowest BCUT2D eigenvalue weighted by Gasteiger charge is -2.09. The van der Waals surface area contributed by atoms with E-state index in [0.29, 0.717) is 16.6 Å². The van der Waals surface area contributed by atoms with E-state index in [1.165, 1.54) is 5.56 Å². The van der Waals surface area contributed by atoms with Gasteiger partial charge in [-0.05, 0) is 49.7 Å². The number of hydrazone groups is 1. The predicted molar refractivity (Wildman–Crippen MR) is 138 cm³/mol. The molecule has 2 N–H and O–H groups in total. The van der Waals surface area contributed by atoms with Crippen LogP contribution >= 0.6 is 23.2 Å². The summed E-state index contributed by atoms with van der Waals surface area (Å²) in [6.45, 7) is 4.84. The van der Waals surface area contributed by atoms with Crippen LogP contribution < -0.4 is 10.7 Å². The van der Waals surface area contributed by atoms with Crippen LogP contribution in [-0.2, 0) is 11.3 Å². The number of hydrogen-bond donors (Lipinski definition) is 2. The summed E-state index contributed by atoms with van der Waals surface area (Å²) in [7, 11) is 0. The number of fused-ring (bicyclic) bond motifs is 1. The van der Waals surface area contributed by atoms with Crippen molar-refractivity contribution in [3.63, 3.8) is 0 Å². The van der Waals surface area contributed by atoms with Gasteiger partial charge in [-0.3, -0.25) is 4.79 Å². The van der Waals surface area contributed by atoms with Gasteiger partial charge in [0, 0.05) is 34.4 Å². The molecule has 7 heteroatoms. The summed E-state index contributed by atoms with van der Waals surface area (Å²) in [5.74, 6) is -0.218. The van der Waals surface area contributed by atoms with Crippen molar-refractivity contribution in [1.82, 2.24) is 9.99 Å². The summed E-state index contributed by atoms with van der Waals surface area (Å²) in [6.07, 6.45) is 1.70. The smallest absolute Gasteiger partial charge is 0.259 e. The third kappa shape index (κ3) is 5.38. The van der Waals surface area contributed by atoms with E-state index in [1.807, 2.05) is 68.4 Å². The average molecular weight is 479 g/mol. The maximum absolute atomic E-state index is 12.2. The number of anilines is 1. The Morgan fingerprint density at radius 3 is 2.52 bits per heavy atom. The van der Waals surface area contributed by atoms with E-state index < -0.39 is 0 Å². The Morgan fingerprint density at radius 1 is 1.00 bits per heavy atom. The van der Waals surface area contributed by atoms with Gasteiger partial charge in [-0.1, -0.05) is 65.2 Å². The summed E-state index contributed by atoms with van der Waals surface area (Å²) in [4.78, 5) is 12.2. The molecule has 33 heavy (non-hydrogen) atoms. The standard InChI is InChI=1S/C26H24Cl2N4O/c1-17-7-10-20(11-8-17)29-15-26(33)31-30-14-22-18(2)32(25-6-4-3-5-21(22)25)16-19-9-12-23(27)24(28)13-19/h3-14,29H,15-16H2,1-2H3,(H,31,33)/b30-14-. The second kappa shape index (κ2) is 10.1. The first-order chi connectivity index (χ1) is 15.9. The lowest BCUT2D eigenvalue weighted by atomic mass is 10.1. The Kier molecular flexibility index (Phi) is 7.02. The highest BCUT2D eigenvalue weighted by atomic mass is 35.5. The van der Waals surface area contributed by atoms with Crippen LogP contribution in [0.2, 0.25) is 10.0 Å². The van der Waals surface area contributed by atoms with Crippen LogP contribution in [0.4, 0.5) is 5.69 Å². The van der Waals surface area contributed by atoms with Crippen molar-refractivity contribution in [3.05, 3.63) is 99.2 Å². The molecule has 3 aromatic carbocycles. The second-order valence-corrected chi connectivity index (χ2v) is 8.68. The van der Waals surface area contributed by atoms with Crippen molar-refractivity contribution in [1.29, 1.82) is 0 Å². The Hall–Kier alpha value is -3.28. The Labute approximate surface area is 203 Å². The molecular weight excluding hydrogens is 455 g/mol. The van der Waals surface area contributed by atoms with E-state index in [0.717, 1.165) is 33.4 Å². The Morgan fingerprint density at radius 2 is 1.76 bits per heavy atom. The number of amides is 1. The number of rotatable bonds is 7. The molecule has 1 heterocycles. The Bertz CT molecular complexity index is 1330. The zero-order valence-electron chi connectivity index (χ0n) is 18.4. The maximum Gasteiger partial charge on any atom is 0.259 e. The Balaban J connectivity index is 1.49. The van der Waals surface area contributed by atoms with Crippen LogP contribution in [-0.4, -0.2) is 23.2 Å². The second-order valence-electron chi connectivity index (χ2n) is 7.86. The molecule has 168 valence electrons. The molecule has 1 amide bonds. The SMILES string of the molecule is Cc1ccc(NCC(=O)N/N=C\c2c(C)n(Cc3ccc(Cl)c(Cl)c3)c3ccccc23)cc1. The van der Waals surface area contributed by atoms with E-state index >= 15 is 0 Å². The topological polar surface area (TPSA) is 58.4 Å². The van der Waals surface area contributed by atoms with Gasteiger partial charge >= 0.3 is 0 Å². The molecule has 0 aliphatic rings. The van der Waals surface area contributed by atoms with Crippen LogP contribution in [0.15, 0.2) is 71.8 Å². The minimum absolute atomic E-state index is 0.137. The first kappa shape index (κ1) is 22.9. The zero-order chi connectivity index (χ0) is 23.4. The monoisotopic (exact) mass is 478 g/mol. The molecule has 1 aromatic heterocycles. The van der Waals surface area contributed by atoms with Crippen LogP contribution in [0.25, 0.3) is 10.9 Å². The highest BCUT2D eigenvalue weighted by molar-refractivity contribution is 6.42. The third-order valence-electron chi connectivity index (χ3n) is 5.49. The van der Waals surface area contributed by atoms with E-state index in [2.05, 4.69) is 32.5 Å². The van der Waals surface area contributed by atoms with Gasteiger partial charge in [0.25, 0.3) is 5.91 Å². The van der Waals surface area contributed by atoms with Gasteiger partial charge in [-0.2, -0.15) is 5.10 Å². The predicted octanol–water partition coefficient (Wildman–Crippen LogP) is 6.18. The molecular formula is C26H24Cl2N4O.